The summed E-state index contributed by atoms with van der Waals surface area (Å²) in [4.78, 5) is 0. The molecule has 0 spiro atoms. The van der Waals surface area contributed by atoms with E-state index in [0.717, 1.165) is 0 Å². The van der Waals surface area contributed by atoms with Gasteiger partial charge >= 0.3 is 8.32 Å². The molecule has 0 saturated carbocycles. The molecule has 126 valence electrons. The van der Waals surface area contributed by atoms with Gasteiger partial charge in [0, 0.05) is 0 Å². The molecule has 0 atom stereocenters. The lowest BCUT2D eigenvalue weighted by atomic mass is 10.3. The summed E-state index contributed by atoms with van der Waals surface area (Å²) in [7, 11) is -3.38. The third kappa shape index (κ3) is 3.83. The zero-order chi connectivity index (χ0) is 17.5. The van der Waals surface area contributed by atoms with Crippen molar-refractivity contribution in [3.05, 3.63) is 103 Å². The zero-order valence-electron chi connectivity index (χ0n) is 14.8. The quantitative estimate of drug-likeness (QED) is 0.373. The molecule has 3 rings (SSSR count). The molecule has 0 bridgehead atoms. The molecule has 3 heteroatoms. The van der Waals surface area contributed by atoms with E-state index in [4.69, 9.17) is 4.43 Å². The third-order valence-corrected chi connectivity index (χ3v) is 9.10. The van der Waals surface area contributed by atoms with Gasteiger partial charge in [-0.1, -0.05) is 110 Å². The Balaban J connectivity index is 2.24. The Morgan fingerprint density at radius 3 is 1.32 bits per heavy atom. The van der Waals surface area contributed by atoms with Gasteiger partial charge in [0.05, 0.1) is 15.1 Å². The van der Waals surface area contributed by atoms with Crippen molar-refractivity contribution in [2.24, 2.45) is 0 Å². The summed E-state index contributed by atoms with van der Waals surface area (Å²) >= 11 is 0. The van der Waals surface area contributed by atoms with Crippen molar-refractivity contribution in [1.82, 2.24) is 0 Å². The second-order valence-electron chi connectivity index (χ2n) is 6.47. The van der Waals surface area contributed by atoms with Crippen LogP contribution in [0.4, 0.5) is 0 Å². The first-order valence-electron chi connectivity index (χ1n) is 8.74. The van der Waals surface area contributed by atoms with E-state index in [0.29, 0.717) is 0 Å². The minimum atomic E-state index is -2.56. The number of hydrogen-bond acceptors (Lipinski definition) is 1. The molecule has 0 saturated heterocycles. The third-order valence-electron chi connectivity index (χ3n) is 4.25. The first-order valence-corrected chi connectivity index (χ1v) is 13.6. The Hall–Kier alpha value is -2.37. The van der Waals surface area contributed by atoms with E-state index in [-0.39, 0.29) is 0 Å². The molecule has 0 aromatic heterocycles. The average molecular weight is 361 g/mol. The molecule has 0 radical (unpaired) electrons. The monoisotopic (exact) mass is 360 g/mol. The number of benzene rings is 3. The minimum Gasteiger partial charge on any atom is -0.537 e. The molecule has 0 fully saturated rings. The Bertz CT molecular complexity index is 703. The van der Waals surface area contributed by atoms with Gasteiger partial charge in [-0.25, -0.2) is 0 Å². The highest BCUT2D eigenvalue weighted by Gasteiger charge is 2.42. The molecule has 3 aromatic carbocycles. The van der Waals surface area contributed by atoms with Crippen LogP contribution < -0.4 is 15.6 Å². The smallest absolute Gasteiger partial charge is 0.346 e. The standard InChI is InChI=1S/C22H24OSi2/c1-24(2)19-18-23-25(20-12-6-3-7-13-20,21-14-8-4-9-15-21)22-16-10-5-11-17-22/h3-19,24H,1-2H3. The predicted octanol–water partition coefficient (Wildman–Crippen LogP) is 3.21. The highest BCUT2D eigenvalue weighted by Crippen LogP contribution is 2.10. The second-order valence-corrected chi connectivity index (χ2v) is 12.7. The van der Waals surface area contributed by atoms with Crippen LogP contribution in [-0.4, -0.2) is 17.1 Å². The van der Waals surface area contributed by atoms with Crippen molar-refractivity contribution >= 4 is 32.7 Å². The Kier molecular flexibility index (Phi) is 5.69. The van der Waals surface area contributed by atoms with Crippen LogP contribution in [0.25, 0.3) is 0 Å². The molecule has 0 N–H and O–H groups in total. The van der Waals surface area contributed by atoms with Gasteiger partial charge in [-0.2, -0.15) is 0 Å². The van der Waals surface area contributed by atoms with Crippen LogP contribution in [-0.2, 0) is 4.43 Å². The van der Waals surface area contributed by atoms with Crippen molar-refractivity contribution < 1.29 is 4.43 Å². The highest BCUT2D eigenvalue weighted by atomic mass is 28.4. The topological polar surface area (TPSA) is 9.23 Å². The molecule has 25 heavy (non-hydrogen) atoms. The Morgan fingerprint density at radius 2 is 1.00 bits per heavy atom. The maximum atomic E-state index is 6.69. The van der Waals surface area contributed by atoms with Crippen molar-refractivity contribution in [2.45, 2.75) is 13.1 Å². The van der Waals surface area contributed by atoms with Gasteiger partial charge < -0.3 is 4.43 Å². The molecular weight excluding hydrogens is 336 g/mol. The van der Waals surface area contributed by atoms with Crippen molar-refractivity contribution in [3.8, 4) is 0 Å². The normalized spacial score (nSPS) is 11.8. The number of rotatable bonds is 6. The van der Waals surface area contributed by atoms with Crippen molar-refractivity contribution in [1.29, 1.82) is 0 Å². The maximum absolute atomic E-state index is 6.69. The molecular formula is C22H24OSi2. The van der Waals surface area contributed by atoms with Crippen LogP contribution in [0.1, 0.15) is 0 Å². The molecule has 0 heterocycles. The first-order chi connectivity index (χ1) is 12.2. The van der Waals surface area contributed by atoms with Gasteiger partial charge in [0.15, 0.2) is 0 Å². The van der Waals surface area contributed by atoms with E-state index in [2.05, 4.69) is 110 Å². The lowest BCUT2D eigenvalue weighted by molar-refractivity contribution is 0.498. The van der Waals surface area contributed by atoms with E-state index < -0.39 is 17.1 Å². The van der Waals surface area contributed by atoms with Crippen LogP contribution in [0.2, 0.25) is 13.1 Å². The summed E-state index contributed by atoms with van der Waals surface area (Å²) in [5, 5.41) is 3.80. The zero-order valence-corrected chi connectivity index (χ0v) is 17.0. The molecule has 0 aliphatic rings. The Morgan fingerprint density at radius 1 is 0.640 bits per heavy atom. The average Bonchev–Trinajstić information content (AvgIpc) is 2.67. The van der Waals surface area contributed by atoms with Gasteiger partial charge in [-0.05, 0) is 15.6 Å². The second kappa shape index (κ2) is 8.14. The van der Waals surface area contributed by atoms with E-state index >= 15 is 0 Å². The summed E-state index contributed by atoms with van der Waals surface area (Å²) in [5.74, 6) is 0. The molecule has 3 aromatic rings. The summed E-state index contributed by atoms with van der Waals surface area (Å²) in [6, 6.07) is 32.0. The molecule has 0 aliphatic carbocycles. The van der Waals surface area contributed by atoms with Crippen LogP contribution in [0.5, 0.6) is 0 Å². The van der Waals surface area contributed by atoms with E-state index in [1.54, 1.807) is 0 Å². The van der Waals surface area contributed by atoms with Crippen molar-refractivity contribution in [3.63, 3.8) is 0 Å². The van der Waals surface area contributed by atoms with E-state index in [1.165, 1.54) is 15.6 Å². The lowest BCUT2D eigenvalue weighted by Gasteiger charge is -2.32. The van der Waals surface area contributed by atoms with Gasteiger partial charge in [0.1, 0.15) is 0 Å². The van der Waals surface area contributed by atoms with Crippen LogP contribution in [0, 0.1) is 0 Å². The van der Waals surface area contributed by atoms with Crippen molar-refractivity contribution in [2.75, 3.05) is 0 Å². The van der Waals surface area contributed by atoms with E-state index in [9.17, 15) is 0 Å². The SMILES string of the molecule is C[SiH](C)C=CO[Si](c1ccccc1)(c1ccccc1)c1ccccc1. The minimum absolute atomic E-state index is 0.825. The van der Waals surface area contributed by atoms with Gasteiger partial charge in [-0.3, -0.25) is 0 Å². The largest absolute Gasteiger partial charge is 0.537 e. The van der Waals surface area contributed by atoms with E-state index in [1.807, 2.05) is 6.26 Å². The van der Waals surface area contributed by atoms with Crippen LogP contribution >= 0.6 is 0 Å². The summed E-state index contributed by atoms with van der Waals surface area (Å²) in [6.45, 7) is 4.60. The Labute approximate surface area is 153 Å². The lowest BCUT2D eigenvalue weighted by Crippen LogP contribution is -2.68. The van der Waals surface area contributed by atoms with Crippen LogP contribution in [0.15, 0.2) is 103 Å². The molecule has 0 amide bonds. The molecule has 0 unspecified atom stereocenters. The fourth-order valence-corrected chi connectivity index (χ4v) is 7.25. The number of hydrogen-bond donors (Lipinski definition) is 0. The van der Waals surface area contributed by atoms with Gasteiger partial charge in [0.2, 0.25) is 0 Å². The molecule has 1 nitrogen and oxygen atoms in total. The van der Waals surface area contributed by atoms with Gasteiger partial charge in [-0.15, -0.1) is 0 Å². The fraction of sp³-hybridized carbons (Fsp3) is 0.0909. The fourth-order valence-electron chi connectivity index (χ4n) is 3.02. The summed E-state index contributed by atoms with van der Waals surface area (Å²) in [6.07, 6.45) is 1.97. The first kappa shape index (κ1) is 17.5. The predicted molar refractivity (Wildman–Crippen MR) is 113 cm³/mol. The maximum Gasteiger partial charge on any atom is 0.346 e. The molecule has 0 aliphatic heterocycles. The van der Waals surface area contributed by atoms with Crippen LogP contribution in [0.3, 0.4) is 0 Å². The summed E-state index contributed by atoms with van der Waals surface area (Å²) < 4.78 is 6.69. The summed E-state index contributed by atoms with van der Waals surface area (Å²) in [5.41, 5.74) is 2.26. The van der Waals surface area contributed by atoms with Gasteiger partial charge in [0.25, 0.3) is 0 Å². The highest BCUT2D eigenvalue weighted by molar-refractivity contribution is 7.07.